The van der Waals surface area contributed by atoms with E-state index in [0.717, 1.165) is 49.4 Å². The second-order valence-corrected chi connectivity index (χ2v) is 14.7. The summed E-state index contributed by atoms with van der Waals surface area (Å²) in [6, 6.07) is 26.6. The number of nitrogens with zero attached hydrogens (tertiary/aromatic N) is 5. The molecule has 1 atom stereocenters. The first-order valence-electron chi connectivity index (χ1n) is 13.8. The Kier molecular flexibility index (Phi) is 7.79. The van der Waals surface area contributed by atoms with Crippen molar-refractivity contribution in [1.29, 1.82) is 0 Å². The summed E-state index contributed by atoms with van der Waals surface area (Å²) in [5.74, 6) is 0.904. The van der Waals surface area contributed by atoms with Crippen LogP contribution in [0.25, 0.3) is 22.6 Å². The van der Waals surface area contributed by atoms with Gasteiger partial charge in [0.15, 0.2) is 5.82 Å². The smallest absolute Gasteiger partial charge is 0.227 e. The normalized spacial score (nSPS) is 16.3. The molecule has 2 aromatic heterocycles. The number of hydrogen-bond donors (Lipinski definition) is 0. The van der Waals surface area contributed by atoms with Crippen LogP contribution in [0.2, 0.25) is 0 Å². The summed E-state index contributed by atoms with van der Waals surface area (Å²) in [4.78, 5) is 5.11. The van der Waals surface area contributed by atoms with Gasteiger partial charge >= 0.3 is 0 Å². The van der Waals surface area contributed by atoms with Crippen LogP contribution in [0, 0.1) is 19.7 Å². The van der Waals surface area contributed by atoms with Crippen LogP contribution >= 0.6 is 22.3 Å². The Hall–Kier alpha value is -3.36. The molecule has 5 aromatic rings. The highest BCUT2D eigenvalue weighted by molar-refractivity contribution is 9.10. The maximum absolute atomic E-state index is 13.8. The number of fused-ring (bicyclic) bond motifs is 1. The van der Waals surface area contributed by atoms with Crippen LogP contribution in [0.5, 0.6) is 0 Å². The Labute approximate surface area is 258 Å². The number of aromatic nitrogens is 3. The zero-order valence-electron chi connectivity index (χ0n) is 23.8. The standard InChI is InChI=1S/C32H30BrFN5OPS/c1-5-37(6-2)41(42)30-29(28-20-21(3)38(22(28)4)26-18-16-25(34)17-19-26)36-39(27-10-8-7-9-11-27)31(30)35-32(40-41)23-12-14-24(33)15-13-23/h7-20H,5-6H2,1-4H3. The largest absolute Gasteiger partial charge is 0.431 e. The molecule has 3 aromatic carbocycles. The lowest BCUT2D eigenvalue weighted by Gasteiger charge is -2.36. The third-order valence-electron chi connectivity index (χ3n) is 7.50. The fourth-order valence-electron chi connectivity index (χ4n) is 5.47. The number of rotatable bonds is 7. The Morgan fingerprint density at radius 1 is 0.929 bits per heavy atom. The highest BCUT2D eigenvalue weighted by Crippen LogP contribution is 2.57. The molecular formula is C32H30BrFN5OPS. The maximum atomic E-state index is 13.8. The molecule has 214 valence electrons. The van der Waals surface area contributed by atoms with Crippen LogP contribution in [0.15, 0.2) is 94.4 Å². The molecule has 3 heterocycles. The number of aryl methyl sites for hydroxylation is 1. The van der Waals surface area contributed by atoms with Gasteiger partial charge in [0, 0.05) is 45.8 Å². The van der Waals surface area contributed by atoms with Crippen LogP contribution in [0.3, 0.4) is 0 Å². The third-order valence-corrected chi connectivity index (χ3v) is 12.2. The molecule has 0 saturated heterocycles. The minimum atomic E-state index is -2.87. The Morgan fingerprint density at radius 3 is 2.24 bits per heavy atom. The second kappa shape index (κ2) is 11.4. The minimum absolute atomic E-state index is 0.270. The predicted molar refractivity (Wildman–Crippen MR) is 176 cm³/mol. The monoisotopic (exact) mass is 661 g/mol. The van der Waals surface area contributed by atoms with Gasteiger partial charge in [-0.25, -0.2) is 13.7 Å². The van der Waals surface area contributed by atoms with Gasteiger partial charge in [0.1, 0.15) is 16.8 Å². The lowest BCUT2D eigenvalue weighted by molar-refractivity contribution is 0.447. The lowest BCUT2D eigenvalue weighted by atomic mass is 10.2. The van der Waals surface area contributed by atoms with E-state index in [-0.39, 0.29) is 5.82 Å². The van der Waals surface area contributed by atoms with Gasteiger partial charge in [-0.05, 0) is 92.4 Å². The predicted octanol–water partition coefficient (Wildman–Crippen LogP) is 8.23. The third kappa shape index (κ3) is 4.88. The Bertz CT molecular complexity index is 1840. The molecule has 1 unspecified atom stereocenters. The van der Waals surface area contributed by atoms with Gasteiger partial charge in [0.25, 0.3) is 0 Å². The van der Waals surface area contributed by atoms with Crippen molar-refractivity contribution in [3.05, 3.63) is 112 Å². The van der Waals surface area contributed by atoms with E-state index in [4.69, 9.17) is 26.4 Å². The van der Waals surface area contributed by atoms with E-state index in [1.807, 2.05) is 66.2 Å². The topological polar surface area (TPSA) is 47.6 Å². The highest BCUT2D eigenvalue weighted by Gasteiger charge is 2.42. The molecule has 0 radical (unpaired) electrons. The molecular weight excluding hydrogens is 632 g/mol. The average molecular weight is 663 g/mol. The SMILES string of the molecule is CCN(CC)P1(=S)OC(c2ccc(Br)cc2)=Nc2c1c(-c1cc(C)n(-c3ccc(F)cc3)c1C)nn2-c1ccccc1. The first kappa shape index (κ1) is 28.7. The quantitative estimate of drug-likeness (QED) is 0.165. The van der Waals surface area contributed by atoms with E-state index in [2.05, 4.69) is 52.0 Å². The van der Waals surface area contributed by atoms with Crippen molar-refractivity contribution in [2.75, 3.05) is 13.1 Å². The van der Waals surface area contributed by atoms with Crippen LogP contribution < -0.4 is 5.30 Å². The number of benzene rings is 3. The number of aliphatic imine (C=N–C) groups is 1. The fraction of sp³-hybridized carbons (Fsp3) is 0.188. The zero-order chi connectivity index (χ0) is 29.6. The fourth-order valence-corrected chi connectivity index (χ4v) is 9.58. The summed E-state index contributed by atoms with van der Waals surface area (Å²) < 4.78 is 27.8. The Morgan fingerprint density at radius 2 is 1.60 bits per heavy atom. The molecule has 10 heteroatoms. The van der Waals surface area contributed by atoms with Crippen molar-refractivity contribution in [2.24, 2.45) is 4.99 Å². The summed E-state index contributed by atoms with van der Waals surface area (Å²) in [5.41, 5.74) is 6.28. The van der Waals surface area contributed by atoms with Crippen molar-refractivity contribution >= 4 is 51.2 Å². The molecule has 0 bridgehead atoms. The lowest BCUT2D eigenvalue weighted by Crippen LogP contribution is -2.31. The number of halogens is 2. The Balaban J connectivity index is 1.66. The molecule has 0 fully saturated rings. The van der Waals surface area contributed by atoms with Crippen molar-refractivity contribution in [2.45, 2.75) is 27.7 Å². The van der Waals surface area contributed by atoms with Gasteiger partial charge in [-0.15, -0.1) is 0 Å². The number of hydrogen-bond acceptors (Lipinski definition) is 4. The van der Waals surface area contributed by atoms with Gasteiger partial charge in [0.2, 0.25) is 12.3 Å². The van der Waals surface area contributed by atoms with Crippen LogP contribution in [0.4, 0.5) is 10.2 Å². The van der Waals surface area contributed by atoms with E-state index in [0.29, 0.717) is 24.8 Å². The summed E-state index contributed by atoms with van der Waals surface area (Å²) in [6.45, 7) is 9.74. The first-order chi connectivity index (χ1) is 20.2. The van der Waals surface area contributed by atoms with Crippen LogP contribution in [-0.2, 0) is 16.3 Å². The zero-order valence-corrected chi connectivity index (χ0v) is 27.0. The van der Waals surface area contributed by atoms with Crippen LogP contribution in [-0.4, -0.2) is 38.0 Å². The van der Waals surface area contributed by atoms with Gasteiger partial charge in [0.05, 0.1) is 5.69 Å². The molecule has 0 saturated carbocycles. The molecule has 6 rings (SSSR count). The van der Waals surface area contributed by atoms with Gasteiger partial charge in [-0.2, -0.15) is 10.1 Å². The average Bonchev–Trinajstić information content (AvgIpc) is 3.52. The molecule has 42 heavy (non-hydrogen) atoms. The second-order valence-electron chi connectivity index (χ2n) is 10.0. The van der Waals surface area contributed by atoms with Gasteiger partial charge in [-0.3, -0.25) is 0 Å². The molecule has 1 aliphatic rings. The van der Waals surface area contributed by atoms with E-state index in [9.17, 15) is 4.39 Å². The van der Waals surface area contributed by atoms with Gasteiger partial charge < -0.3 is 9.09 Å². The summed E-state index contributed by atoms with van der Waals surface area (Å²) >= 11 is 10.1. The highest BCUT2D eigenvalue weighted by atomic mass is 79.9. The number of para-hydroxylation sites is 1. The molecule has 1 aliphatic heterocycles. The van der Waals surface area contributed by atoms with E-state index in [1.54, 1.807) is 12.1 Å². The summed E-state index contributed by atoms with van der Waals surface area (Å²) in [5, 5.41) is 6.07. The van der Waals surface area contributed by atoms with E-state index >= 15 is 0 Å². The molecule has 0 aliphatic carbocycles. The minimum Gasteiger partial charge on any atom is -0.431 e. The molecule has 0 amide bonds. The van der Waals surface area contributed by atoms with Crippen molar-refractivity contribution in [3.63, 3.8) is 0 Å². The molecule has 0 spiro atoms. The molecule has 6 nitrogen and oxygen atoms in total. The van der Waals surface area contributed by atoms with E-state index in [1.165, 1.54) is 12.1 Å². The van der Waals surface area contributed by atoms with E-state index < -0.39 is 6.42 Å². The molecule has 0 N–H and O–H groups in total. The van der Waals surface area contributed by atoms with Crippen LogP contribution in [0.1, 0.15) is 30.8 Å². The maximum Gasteiger partial charge on any atom is 0.227 e. The summed E-state index contributed by atoms with van der Waals surface area (Å²) in [7, 11) is 0. The first-order valence-corrected chi connectivity index (χ1v) is 17.3. The van der Waals surface area contributed by atoms with Crippen molar-refractivity contribution < 1.29 is 8.91 Å². The van der Waals surface area contributed by atoms with Crippen molar-refractivity contribution in [1.82, 2.24) is 19.0 Å². The van der Waals surface area contributed by atoms with Crippen molar-refractivity contribution in [3.8, 4) is 22.6 Å². The summed E-state index contributed by atoms with van der Waals surface area (Å²) in [6.07, 6.45) is -2.87. The van der Waals surface area contributed by atoms with Gasteiger partial charge in [-0.1, -0.05) is 48.0 Å².